The highest BCUT2D eigenvalue weighted by Gasteiger charge is 2.24. The Bertz CT molecular complexity index is 582. The topological polar surface area (TPSA) is 95.9 Å². The lowest BCUT2D eigenvalue weighted by Crippen LogP contribution is -2.55. The number of carboxylic acid groups (broad SMARTS) is 1. The van der Waals surface area contributed by atoms with Crippen molar-refractivity contribution in [3.05, 3.63) is 24.3 Å². The highest BCUT2D eigenvalue weighted by Crippen LogP contribution is 2.11. The first-order chi connectivity index (χ1) is 16.2. The summed E-state index contributed by atoms with van der Waals surface area (Å²) >= 11 is 0. The molecule has 0 rings (SSSR count). The summed E-state index contributed by atoms with van der Waals surface area (Å²) in [4.78, 5) is 23.0. The zero-order valence-electron chi connectivity index (χ0n) is 22.0. The van der Waals surface area contributed by atoms with Crippen LogP contribution in [0.5, 0.6) is 0 Å². The second kappa shape index (κ2) is 20.7. The lowest BCUT2D eigenvalue weighted by molar-refractivity contribution is -0.889. The lowest BCUT2D eigenvalue weighted by atomic mass is 10.1. The Labute approximate surface area is 207 Å². The zero-order valence-corrected chi connectivity index (χ0v) is 22.0. The molecule has 7 nitrogen and oxygen atoms in total. The van der Waals surface area contributed by atoms with E-state index in [4.69, 9.17) is 9.47 Å². The van der Waals surface area contributed by atoms with Gasteiger partial charge in [-0.3, -0.25) is 4.79 Å². The van der Waals surface area contributed by atoms with E-state index in [-0.39, 0.29) is 36.7 Å². The molecule has 0 bridgehead atoms. The Morgan fingerprint density at radius 3 is 2.15 bits per heavy atom. The fourth-order valence-corrected chi connectivity index (χ4v) is 3.52. The monoisotopic (exact) mass is 483 g/mol. The van der Waals surface area contributed by atoms with Gasteiger partial charge in [-0.25, -0.2) is 0 Å². The van der Waals surface area contributed by atoms with Crippen molar-refractivity contribution in [2.75, 3.05) is 41.0 Å². The van der Waals surface area contributed by atoms with Gasteiger partial charge >= 0.3 is 5.97 Å². The summed E-state index contributed by atoms with van der Waals surface area (Å²) in [5.41, 5.74) is 0. The van der Waals surface area contributed by atoms with E-state index in [0.29, 0.717) is 6.42 Å². The maximum atomic E-state index is 11.8. The van der Waals surface area contributed by atoms with Gasteiger partial charge < -0.3 is 29.0 Å². The van der Waals surface area contributed by atoms with Crippen LogP contribution >= 0.6 is 0 Å². The minimum Gasteiger partial charge on any atom is -0.544 e. The van der Waals surface area contributed by atoms with E-state index in [0.717, 1.165) is 38.5 Å². The Balaban J connectivity index is 3.59. The van der Waals surface area contributed by atoms with E-state index in [9.17, 15) is 19.8 Å². The number of likely N-dealkylation sites (N-methyl/N-ethyl adjacent to an activating group) is 1. The molecular formula is C27H49NO6. The molecule has 1 N–H and O–H groups in total. The van der Waals surface area contributed by atoms with Crippen molar-refractivity contribution in [3.8, 4) is 0 Å². The average Bonchev–Trinajstić information content (AvgIpc) is 2.76. The molecule has 0 aliphatic rings. The number of esters is 1. The standard InChI is InChI=1S/C27H49NO6/c1-5-6-7-8-9-10-11-12-13-14-15-16-17-18-19-26(30)34-23-24(29)22-33-21-20-25(27(31)32)28(2,3)4/h6-7,9-10,24-25,29H,5,8,11-23H2,1-4H3/b7-6+,10-9+. The van der Waals surface area contributed by atoms with Gasteiger partial charge in [-0.1, -0.05) is 63.3 Å². The summed E-state index contributed by atoms with van der Waals surface area (Å²) in [7, 11) is 5.34. The molecule has 0 radical (unpaired) electrons. The predicted molar refractivity (Wildman–Crippen MR) is 134 cm³/mol. The molecule has 7 heteroatoms. The smallest absolute Gasteiger partial charge is 0.305 e. The van der Waals surface area contributed by atoms with Crippen LogP contribution in [-0.4, -0.2) is 74.6 Å². The van der Waals surface area contributed by atoms with Crippen LogP contribution in [0.3, 0.4) is 0 Å². The number of ether oxygens (including phenoxy) is 2. The van der Waals surface area contributed by atoms with Crippen LogP contribution in [0.2, 0.25) is 0 Å². The molecule has 0 amide bonds. The van der Waals surface area contributed by atoms with Crippen LogP contribution in [0.1, 0.15) is 84.0 Å². The van der Waals surface area contributed by atoms with Crippen molar-refractivity contribution in [2.24, 2.45) is 0 Å². The average molecular weight is 484 g/mol. The number of aliphatic carboxylic acids is 1. The number of aliphatic hydroxyl groups is 1. The van der Waals surface area contributed by atoms with Gasteiger partial charge in [0.15, 0.2) is 0 Å². The maximum absolute atomic E-state index is 11.8. The van der Waals surface area contributed by atoms with Crippen LogP contribution in [0.25, 0.3) is 0 Å². The van der Waals surface area contributed by atoms with E-state index in [2.05, 4.69) is 31.2 Å². The number of unbranched alkanes of at least 4 members (excludes halogenated alkanes) is 7. The van der Waals surface area contributed by atoms with Crippen molar-refractivity contribution >= 4 is 11.9 Å². The van der Waals surface area contributed by atoms with Crippen LogP contribution in [0.15, 0.2) is 24.3 Å². The summed E-state index contributed by atoms with van der Waals surface area (Å²) in [5, 5.41) is 21.1. The van der Waals surface area contributed by atoms with Gasteiger partial charge in [0.05, 0.1) is 40.3 Å². The first kappa shape index (κ1) is 32.3. The number of allylic oxidation sites excluding steroid dienone is 4. The summed E-state index contributed by atoms with van der Waals surface area (Å²) in [5.74, 6) is -1.42. The molecule has 198 valence electrons. The number of carbonyl (C=O) groups is 2. The molecule has 0 saturated heterocycles. The number of carbonyl (C=O) groups excluding carboxylic acids is 2. The Morgan fingerprint density at radius 2 is 1.53 bits per heavy atom. The molecular weight excluding hydrogens is 434 g/mol. The number of hydrogen-bond acceptors (Lipinski definition) is 6. The number of hydrogen-bond donors (Lipinski definition) is 1. The summed E-state index contributed by atoms with van der Waals surface area (Å²) < 4.78 is 10.7. The molecule has 0 spiro atoms. The molecule has 0 aromatic rings. The second-order valence-electron chi connectivity index (χ2n) is 9.75. The summed E-state index contributed by atoms with van der Waals surface area (Å²) in [6, 6.07) is -0.685. The molecule has 0 aromatic heterocycles. The SMILES string of the molecule is CC/C=C/C/C=C/CCCCCCCCCC(=O)OCC(O)COCCC(C(=O)[O-])[N+](C)(C)C. The van der Waals surface area contributed by atoms with Crippen molar-refractivity contribution in [1.82, 2.24) is 0 Å². The van der Waals surface area contributed by atoms with E-state index in [1.54, 1.807) is 21.1 Å². The summed E-state index contributed by atoms with van der Waals surface area (Å²) in [6.07, 6.45) is 19.8. The summed E-state index contributed by atoms with van der Waals surface area (Å²) in [6.45, 7) is 2.22. The fraction of sp³-hybridized carbons (Fsp3) is 0.778. The van der Waals surface area contributed by atoms with E-state index in [1.165, 1.54) is 25.7 Å². The molecule has 0 fully saturated rings. The number of nitrogens with zero attached hydrogens (tertiary/aromatic N) is 1. The quantitative estimate of drug-likeness (QED) is 0.110. The van der Waals surface area contributed by atoms with Crippen molar-refractivity contribution in [2.45, 2.75) is 96.1 Å². The molecule has 34 heavy (non-hydrogen) atoms. The van der Waals surface area contributed by atoms with Gasteiger partial charge in [-0.2, -0.15) is 0 Å². The van der Waals surface area contributed by atoms with Crippen molar-refractivity contribution in [3.63, 3.8) is 0 Å². The molecule has 2 atom stereocenters. The third kappa shape index (κ3) is 19.7. The number of rotatable bonds is 22. The number of quaternary nitrogens is 1. The second-order valence-corrected chi connectivity index (χ2v) is 9.75. The van der Waals surface area contributed by atoms with E-state index in [1.807, 2.05) is 0 Å². The van der Waals surface area contributed by atoms with Crippen LogP contribution < -0.4 is 5.11 Å². The number of aliphatic hydroxyl groups excluding tert-OH is 1. The van der Waals surface area contributed by atoms with Crippen LogP contribution in [0, 0.1) is 0 Å². The predicted octanol–water partition coefficient (Wildman–Crippen LogP) is 3.55. The van der Waals surface area contributed by atoms with Gasteiger partial charge in [-0.15, -0.1) is 0 Å². The zero-order chi connectivity index (χ0) is 25.7. The van der Waals surface area contributed by atoms with Gasteiger partial charge in [0.2, 0.25) is 0 Å². The van der Waals surface area contributed by atoms with Gasteiger partial charge in [0, 0.05) is 12.8 Å². The minimum atomic E-state index is -1.12. The van der Waals surface area contributed by atoms with Crippen LogP contribution in [0.4, 0.5) is 0 Å². The largest absolute Gasteiger partial charge is 0.544 e. The highest BCUT2D eigenvalue weighted by molar-refractivity contribution is 5.69. The highest BCUT2D eigenvalue weighted by atomic mass is 16.5. The Morgan fingerprint density at radius 1 is 0.912 bits per heavy atom. The molecule has 0 aromatic carbocycles. The maximum Gasteiger partial charge on any atom is 0.305 e. The Kier molecular flexibility index (Phi) is 19.6. The first-order valence-electron chi connectivity index (χ1n) is 12.9. The molecule has 2 unspecified atom stereocenters. The number of carboxylic acids is 1. The minimum absolute atomic E-state index is 0.00408. The Hall–Kier alpha value is -1.70. The van der Waals surface area contributed by atoms with Crippen molar-refractivity contribution in [1.29, 1.82) is 0 Å². The van der Waals surface area contributed by atoms with Crippen molar-refractivity contribution < 1.29 is 33.8 Å². The lowest BCUT2D eigenvalue weighted by Gasteiger charge is -2.34. The van der Waals surface area contributed by atoms with E-state index < -0.39 is 18.1 Å². The van der Waals surface area contributed by atoms with Gasteiger partial charge in [0.1, 0.15) is 18.8 Å². The fourth-order valence-electron chi connectivity index (χ4n) is 3.52. The molecule has 0 aliphatic heterocycles. The van der Waals surface area contributed by atoms with Gasteiger partial charge in [-0.05, 0) is 32.1 Å². The third-order valence-electron chi connectivity index (χ3n) is 5.58. The normalized spacial score (nSPS) is 14.0. The van der Waals surface area contributed by atoms with Gasteiger partial charge in [0.25, 0.3) is 0 Å². The van der Waals surface area contributed by atoms with E-state index >= 15 is 0 Å². The molecule has 0 saturated carbocycles. The molecule has 0 heterocycles. The first-order valence-corrected chi connectivity index (χ1v) is 12.9. The third-order valence-corrected chi connectivity index (χ3v) is 5.58. The molecule has 0 aliphatic carbocycles. The van der Waals surface area contributed by atoms with Crippen LogP contribution in [-0.2, 0) is 19.1 Å².